The van der Waals surface area contributed by atoms with Gasteiger partial charge in [-0.3, -0.25) is 14.2 Å². The number of fused-ring (bicyclic) bond motifs is 1. The number of methoxy groups -OCH3 is 1. The van der Waals surface area contributed by atoms with Crippen LogP contribution >= 0.6 is 11.3 Å². The smallest absolute Gasteiger partial charge is 0.332 e. The molecule has 3 aromatic rings. The highest BCUT2D eigenvalue weighted by Crippen LogP contribution is 2.37. The van der Waals surface area contributed by atoms with Gasteiger partial charge in [-0.2, -0.15) is 5.26 Å². The van der Waals surface area contributed by atoms with Gasteiger partial charge in [0.1, 0.15) is 20.8 Å². The largest absolute Gasteiger partial charge is 0.466 e. The second kappa shape index (κ2) is 10.6. The minimum atomic E-state index is -1.19. The predicted octanol–water partition coefficient (Wildman–Crippen LogP) is 2.49. The number of aryl methyl sites for hydroxylation is 2. The van der Waals surface area contributed by atoms with Crippen LogP contribution in [0.5, 0.6) is 0 Å². The van der Waals surface area contributed by atoms with E-state index in [1.165, 1.54) is 18.2 Å². The Hall–Kier alpha value is -4.49. The summed E-state index contributed by atoms with van der Waals surface area (Å²) in [7, 11) is 1.16. The van der Waals surface area contributed by atoms with Crippen molar-refractivity contribution >= 4 is 46.4 Å². The maximum Gasteiger partial charge on any atom is 0.332 e. The molecule has 0 radical (unpaired) electrons. The van der Waals surface area contributed by atoms with Crippen molar-refractivity contribution in [2.45, 2.75) is 27.2 Å². The molecule has 3 N–H and O–H groups in total. The first-order valence-electron chi connectivity index (χ1n) is 10.8. The third kappa shape index (κ3) is 4.81. The van der Waals surface area contributed by atoms with Gasteiger partial charge in [-0.05, 0) is 43.2 Å². The average Bonchev–Trinajstić information content (AvgIpc) is 3.17. The first-order valence-corrected chi connectivity index (χ1v) is 11.6. The van der Waals surface area contributed by atoms with Crippen molar-refractivity contribution in [1.82, 2.24) is 4.57 Å². The molecule has 4 rings (SSSR count). The van der Waals surface area contributed by atoms with Crippen LogP contribution in [0, 0.1) is 31.0 Å². The van der Waals surface area contributed by atoms with E-state index in [4.69, 9.17) is 5.73 Å². The van der Waals surface area contributed by atoms with E-state index >= 15 is 0 Å². The number of carbonyl (C=O) groups is 2. The van der Waals surface area contributed by atoms with Crippen LogP contribution in [0.25, 0.3) is 17.5 Å². The molecule has 0 aliphatic carbocycles. The molecule has 1 unspecified atom stereocenters. The zero-order valence-corrected chi connectivity index (χ0v) is 20.4. The lowest BCUT2D eigenvalue weighted by Crippen LogP contribution is -2.41. The maximum atomic E-state index is 15.0. The van der Waals surface area contributed by atoms with Crippen LogP contribution in [0.4, 0.5) is 10.1 Å². The summed E-state index contributed by atoms with van der Waals surface area (Å²) in [5.41, 5.74) is 7.83. The van der Waals surface area contributed by atoms with Crippen molar-refractivity contribution in [3.63, 3.8) is 0 Å². The fraction of sp³-hybridized carbons (Fsp3) is 0.185. The van der Waals surface area contributed by atoms with E-state index in [9.17, 15) is 24.0 Å². The van der Waals surface area contributed by atoms with Crippen molar-refractivity contribution < 1.29 is 18.7 Å². The molecule has 1 atom stereocenters. The minimum Gasteiger partial charge on any atom is -0.466 e. The summed E-state index contributed by atoms with van der Waals surface area (Å²) in [5.74, 6) is -3.50. The minimum absolute atomic E-state index is 0. The number of nitriles is 1. The summed E-state index contributed by atoms with van der Waals surface area (Å²) in [6, 6.07) is 13.0. The van der Waals surface area contributed by atoms with Gasteiger partial charge in [0.2, 0.25) is 0 Å². The molecule has 8 nitrogen and oxygen atoms in total. The molecule has 0 spiro atoms. The summed E-state index contributed by atoms with van der Waals surface area (Å²) in [4.78, 5) is 38.7. The molecule has 1 aliphatic heterocycles. The zero-order valence-electron chi connectivity index (χ0n) is 19.6. The van der Waals surface area contributed by atoms with Crippen LogP contribution in [-0.2, 0) is 14.3 Å². The summed E-state index contributed by atoms with van der Waals surface area (Å²) < 4.78 is 20.7. The first kappa shape index (κ1) is 27.1. The number of benzene rings is 2. The summed E-state index contributed by atoms with van der Waals surface area (Å²) in [6.07, 6.45) is 0.981. The van der Waals surface area contributed by atoms with Crippen LogP contribution in [0.1, 0.15) is 30.0 Å². The number of rotatable bonds is 4. The Kier molecular flexibility index (Phi) is 7.79. The lowest BCUT2D eigenvalue weighted by Gasteiger charge is -2.25. The van der Waals surface area contributed by atoms with E-state index in [1.54, 1.807) is 18.2 Å². The van der Waals surface area contributed by atoms with Crippen LogP contribution < -0.4 is 25.8 Å². The SMILES string of the molecule is C.COC(=O)/C=c1\sc2n(c1=O)C(N)=C(C#N)C(c1ccccc1F)C=2C(=O)Nc1ccc(C)c(C)c1. The number of halogens is 1. The van der Waals surface area contributed by atoms with E-state index in [-0.39, 0.29) is 39.2 Å². The first-order chi connectivity index (χ1) is 17.2. The lowest BCUT2D eigenvalue weighted by molar-refractivity contribution is -0.133. The second-order valence-corrected chi connectivity index (χ2v) is 9.14. The zero-order chi connectivity index (χ0) is 26.1. The average molecular weight is 521 g/mol. The number of nitrogens with one attached hydrogen (secondary N) is 1. The number of esters is 1. The molecular formula is C27H25FN4O4S. The molecule has 1 amide bonds. The second-order valence-electron chi connectivity index (χ2n) is 8.11. The number of aromatic nitrogens is 1. The van der Waals surface area contributed by atoms with E-state index in [0.717, 1.165) is 40.2 Å². The fourth-order valence-electron chi connectivity index (χ4n) is 3.97. The molecule has 1 aromatic heterocycles. The van der Waals surface area contributed by atoms with Gasteiger partial charge in [0.15, 0.2) is 0 Å². The van der Waals surface area contributed by atoms with Gasteiger partial charge >= 0.3 is 5.97 Å². The van der Waals surface area contributed by atoms with Gasteiger partial charge in [-0.1, -0.05) is 31.7 Å². The van der Waals surface area contributed by atoms with Crippen molar-refractivity contribution in [3.05, 3.63) is 90.1 Å². The number of nitrogens with two attached hydrogens (primary N) is 1. The van der Waals surface area contributed by atoms with E-state index < -0.39 is 29.2 Å². The van der Waals surface area contributed by atoms with Crippen LogP contribution in [-0.4, -0.2) is 23.6 Å². The summed E-state index contributed by atoms with van der Waals surface area (Å²) in [5, 5.41) is 12.8. The molecule has 0 saturated carbocycles. The molecule has 10 heteroatoms. The van der Waals surface area contributed by atoms with Crippen LogP contribution in [0.2, 0.25) is 0 Å². The standard InChI is InChI=1S/C26H21FN4O4S.CH4/c1-13-8-9-15(10-14(13)2)30-24(33)22-21(16-6-4-5-7-18(16)27)17(12-28)23(29)31-25(34)19(36-26(22)31)11-20(32)35-3;/h4-11,21H,29H2,1-3H3,(H,30,33);1H4/b19-11-;. The van der Waals surface area contributed by atoms with Crippen LogP contribution in [0.15, 0.2) is 52.8 Å². The number of amides is 1. The van der Waals surface area contributed by atoms with Crippen molar-refractivity contribution in [2.75, 3.05) is 12.4 Å². The molecule has 1 aliphatic rings. The van der Waals surface area contributed by atoms with Gasteiger partial charge in [0.25, 0.3) is 11.5 Å². The number of hydrogen-bond donors (Lipinski definition) is 2. The van der Waals surface area contributed by atoms with Gasteiger partial charge in [0.05, 0.1) is 30.2 Å². The van der Waals surface area contributed by atoms with Gasteiger partial charge < -0.3 is 15.8 Å². The predicted molar refractivity (Wildman–Crippen MR) is 141 cm³/mol. The normalized spacial score (nSPS) is 14.9. The highest BCUT2D eigenvalue weighted by molar-refractivity contribution is 7.07. The third-order valence-corrected chi connectivity index (χ3v) is 7.05. The highest BCUT2D eigenvalue weighted by Gasteiger charge is 2.37. The van der Waals surface area contributed by atoms with E-state index in [0.29, 0.717) is 5.69 Å². The summed E-state index contributed by atoms with van der Waals surface area (Å²) in [6.45, 7) is 3.82. The van der Waals surface area contributed by atoms with Gasteiger partial charge in [-0.25, -0.2) is 9.18 Å². The monoisotopic (exact) mass is 520 g/mol. The maximum absolute atomic E-state index is 15.0. The van der Waals surface area contributed by atoms with Crippen LogP contribution in [0.3, 0.4) is 0 Å². The molecule has 37 heavy (non-hydrogen) atoms. The van der Waals surface area contributed by atoms with Crippen molar-refractivity contribution in [3.8, 4) is 6.07 Å². The van der Waals surface area contributed by atoms with E-state index in [2.05, 4.69) is 10.1 Å². The Morgan fingerprint density at radius 1 is 1.22 bits per heavy atom. The Morgan fingerprint density at radius 3 is 2.54 bits per heavy atom. The number of allylic oxidation sites excluding steroid dienone is 1. The van der Waals surface area contributed by atoms with Crippen molar-refractivity contribution in [1.29, 1.82) is 5.26 Å². The Bertz CT molecular complexity index is 1680. The molecule has 2 heterocycles. The number of carbonyl (C=O) groups excluding carboxylic acids is 2. The van der Waals surface area contributed by atoms with E-state index in [1.807, 2.05) is 26.0 Å². The molecule has 0 saturated heterocycles. The number of nitrogens with zero attached hydrogens (tertiary/aromatic N) is 2. The Morgan fingerprint density at radius 2 is 1.92 bits per heavy atom. The highest BCUT2D eigenvalue weighted by atomic mass is 32.1. The topological polar surface area (TPSA) is 127 Å². The third-order valence-electron chi connectivity index (χ3n) is 5.94. The molecule has 0 fully saturated rings. The number of thiazole rings is 1. The molecule has 0 bridgehead atoms. The number of anilines is 1. The molecule has 190 valence electrons. The number of ether oxygens (including phenoxy) is 1. The fourth-order valence-corrected chi connectivity index (χ4v) is 5.11. The van der Waals surface area contributed by atoms with Gasteiger partial charge in [0, 0.05) is 17.3 Å². The molecule has 2 aromatic carbocycles. The summed E-state index contributed by atoms with van der Waals surface area (Å²) >= 11 is 0.829. The quantitative estimate of drug-likeness (QED) is 0.509. The Balaban J connectivity index is 0.00000380. The van der Waals surface area contributed by atoms with Gasteiger partial charge in [-0.15, -0.1) is 11.3 Å². The Labute approximate surface area is 216 Å². The van der Waals surface area contributed by atoms with Crippen molar-refractivity contribution in [2.24, 2.45) is 5.73 Å². The number of hydrogen-bond acceptors (Lipinski definition) is 7. The lowest BCUT2D eigenvalue weighted by atomic mass is 9.83. The molecular weight excluding hydrogens is 495 g/mol.